The number of benzene rings is 1. The first kappa shape index (κ1) is 12.8. The highest BCUT2D eigenvalue weighted by Crippen LogP contribution is 2.14. The molecule has 0 heterocycles. The zero-order valence-electron chi connectivity index (χ0n) is 9.77. The first-order valence-corrected chi connectivity index (χ1v) is 5.19. The van der Waals surface area contributed by atoms with Crippen LogP contribution >= 0.6 is 0 Å². The predicted molar refractivity (Wildman–Crippen MR) is 66.2 cm³/mol. The van der Waals surface area contributed by atoms with E-state index in [1.165, 1.54) is 0 Å². The Hall–Kier alpha value is -2.24. The second-order valence-electron chi connectivity index (χ2n) is 3.78. The molecular formula is C11H16N4O2. The maximum absolute atomic E-state index is 11.5. The lowest BCUT2D eigenvalue weighted by Crippen LogP contribution is -2.34. The summed E-state index contributed by atoms with van der Waals surface area (Å²) in [5.41, 5.74) is 6.45. The number of amidine groups is 1. The maximum Gasteiger partial charge on any atom is 0.319 e. The van der Waals surface area contributed by atoms with Gasteiger partial charge in [-0.25, -0.2) is 4.79 Å². The molecule has 0 saturated heterocycles. The van der Waals surface area contributed by atoms with E-state index in [9.17, 15) is 4.79 Å². The molecule has 0 atom stereocenters. The lowest BCUT2D eigenvalue weighted by Gasteiger charge is -2.12. The Balaban J connectivity index is 2.88. The number of urea groups is 1. The molecule has 0 unspecified atom stereocenters. The largest absolute Gasteiger partial charge is 0.409 e. The third-order valence-corrected chi connectivity index (χ3v) is 1.98. The number of oxime groups is 1. The van der Waals surface area contributed by atoms with Crippen molar-refractivity contribution in [1.29, 1.82) is 0 Å². The highest BCUT2D eigenvalue weighted by Gasteiger charge is 2.09. The van der Waals surface area contributed by atoms with Crippen LogP contribution in [0.25, 0.3) is 0 Å². The minimum atomic E-state index is -0.335. The average molecular weight is 236 g/mol. The number of rotatable bonds is 3. The Morgan fingerprint density at radius 2 is 2.06 bits per heavy atom. The van der Waals surface area contributed by atoms with Gasteiger partial charge in [-0.1, -0.05) is 17.3 Å². The van der Waals surface area contributed by atoms with Crippen LogP contribution in [-0.4, -0.2) is 23.1 Å². The minimum absolute atomic E-state index is 0.0334. The van der Waals surface area contributed by atoms with E-state index in [1.807, 2.05) is 13.8 Å². The molecule has 0 aromatic heterocycles. The first-order chi connectivity index (χ1) is 8.04. The number of amides is 2. The van der Waals surface area contributed by atoms with Gasteiger partial charge in [0.2, 0.25) is 0 Å². The van der Waals surface area contributed by atoms with Gasteiger partial charge >= 0.3 is 6.03 Å². The molecule has 0 bridgehead atoms. The number of hydrogen-bond acceptors (Lipinski definition) is 3. The molecule has 0 spiro atoms. The van der Waals surface area contributed by atoms with Crippen molar-refractivity contribution in [2.45, 2.75) is 19.9 Å². The monoisotopic (exact) mass is 236 g/mol. The number of anilines is 1. The average Bonchev–Trinajstić information content (AvgIpc) is 2.27. The van der Waals surface area contributed by atoms with E-state index in [0.717, 1.165) is 0 Å². The number of para-hydroxylation sites is 1. The number of carbonyl (C=O) groups is 1. The van der Waals surface area contributed by atoms with Gasteiger partial charge in [0, 0.05) is 11.6 Å². The molecule has 0 saturated carbocycles. The molecule has 1 aromatic rings. The van der Waals surface area contributed by atoms with E-state index in [0.29, 0.717) is 11.3 Å². The van der Waals surface area contributed by atoms with E-state index in [1.54, 1.807) is 24.3 Å². The molecule has 0 aliphatic carbocycles. The molecule has 0 radical (unpaired) electrons. The van der Waals surface area contributed by atoms with Crippen LogP contribution in [0, 0.1) is 0 Å². The number of nitrogens with zero attached hydrogens (tertiary/aromatic N) is 1. The van der Waals surface area contributed by atoms with Gasteiger partial charge in [-0.15, -0.1) is 0 Å². The number of hydrogen-bond donors (Lipinski definition) is 4. The molecule has 1 rings (SSSR count). The Labute approximate surface area is 99.5 Å². The zero-order valence-corrected chi connectivity index (χ0v) is 9.77. The Morgan fingerprint density at radius 3 is 2.65 bits per heavy atom. The second-order valence-corrected chi connectivity index (χ2v) is 3.78. The summed E-state index contributed by atoms with van der Waals surface area (Å²) in [6.45, 7) is 3.71. The van der Waals surface area contributed by atoms with E-state index in [-0.39, 0.29) is 17.9 Å². The summed E-state index contributed by atoms with van der Waals surface area (Å²) in [4.78, 5) is 11.5. The van der Waals surface area contributed by atoms with Crippen LogP contribution in [0.2, 0.25) is 0 Å². The summed E-state index contributed by atoms with van der Waals surface area (Å²) >= 11 is 0. The van der Waals surface area contributed by atoms with Crippen molar-refractivity contribution in [1.82, 2.24) is 5.32 Å². The van der Waals surface area contributed by atoms with Crippen molar-refractivity contribution in [2.24, 2.45) is 10.9 Å². The zero-order chi connectivity index (χ0) is 12.8. The van der Waals surface area contributed by atoms with Crippen LogP contribution in [0.15, 0.2) is 29.4 Å². The molecule has 6 heteroatoms. The fourth-order valence-corrected chi connectivity index (χ4v) is 1.29. The van der Waals surface area contributed by atoms with Crippen molar-refractivity contribution in [2.75, 3.05) is 5.32 Å². The molecule has 0 aliphatic rings. The molecule has 2 amide bonds. The van der Waals surface area contributed by atoms with Crippen LogP contribution in [0.3, 0.4) is 0 Å². The van der Waals surface area contributed by atoms with E-state index >= 15 is 0 Å². The normalized spacial score (nSPS) is 11.4. The van der Waals surface area contributed by atoms with Crippen LogP contribution < -0.4 is 16.4 Å². The maximum atomic E-state index is 11.5. The van der Waals surface area contributed by atoms with Gasteiger partial charge in [0.1, 0.15) is 0 Å². The summed E-state index contributed by atoms with van der Waals surface area (Å²) in [5, 5.41) is 16.9. The van der Waals surface area contributed by atoms with E-state index < -0.39 is 0 Å². The lowest BCUT2D eigenvalue weighted by atomic mass is 10.1. The first-order valence-electron chi connectivity index (χ1n) is 5.19. The van der Waals surface area contributed by atoms with Crippen LogP contribution in [-0.2, 0) is 0 Å². The second kappa shape index (κ2) is 5.74. The lowest BCUT2D eigenvalue weighted by molar-refractivity contribution is 0.250. The van der Waals surface area contributed by atoms with Gasteiger partial charge in [-0.05, 0) is 26.0 Å². The molecule has 6 nitrogen and oxygen atoms in total. The van der Waals surface area contributed by atoms with Gasteiger partial charge < -0.3 is 21.6 Å². The van der Waals surface area contributed by atoms with Gasteiger partial charge in [0.05, 0.1) is 5.69 Å². The Bertz CT molecular complexity index is 429. The van der Waals surface area contributed by atoms with Crippen molar-refractivity contribution >= 4 is 17.6 Å². The molecule has 5 N–H and O–H groups in total. The fraction of sp³-hybridized carbons (Fsp3) is 0.273. The summed E-state index contributed by atoms with van der Waals surface area (Å²) in [6, 6.07) is 6.51. The molecular weight excluding hydrogens is 220 g/mol. The quantitative estimate of drug-likeness (QED) is 0.275. The number of carbonyl (C=O) groups excluding carboxylic acids is 1. The van der Waals surface area contributed by atoms with Crippen molar-refractivity contribution in [3.8, 4) is 0 Å². The number of nitrogens with one attached hydrogen (secondary N) is 2. The summed E-state index contributed by atoms with van der Waals surface area (Å²) in [5.74, 6) is -0.0505. The molecule has 0 fully saturated rings. The summed E-state index contributed by atoms with van der Waals surface area (Å²) in [6.07, 6.45) is 0. The highest BCUT2D eigenvalue weighted by atomic mass is 16.4. The van der Waals surface area contributed by atoms with Crippen LogP contribution in [0.5, 0.6) is 0 Å². The van der Waals surface area contributed by atoms with E-state index in [2.05, 4.69) is 15.8 Å². The predicted octanol–water partition coefficient (Wildman–Crippen LogP) is 1.31. The van der Waals surface area contributed by atoms with Gasteiger partial charge in [-0.2, -0.15) is 0 Å². The Morgan fingerprint density at radius 1 is 1.41 bits per heavy atom. The summed E-state index contributed by atoms with van der Waals surface area (Å²) < 4.78 is 0. The Kier molecular flexibility index (Phi) is 4.33. The van der Waals surface area contributed by atoms with Crippen LogP contribution in [0.4, 0.5) is 10.5 Å². The van der Waals surface area contributed by atoms with Crippen LogP contribution in [0.1, 0.15) is 19.4 Å². The van der Waals surface area contributed by atoms with Crippen molar-refractivity contribution < 1.29 is 10.0 Å². The molecule has 1 aromatic carbocycles. The molecule has 92 valence electrons. The van der Waals surface area contributed by atoms with E-state index in [4.69, 9.17) is 10.9 Å². The van der Waals surface area contributed by atoms with Crippen molar-refractivity contribution in [3.05, 3.63) is 29.8 Å². The minimum Gasteiger partial charge on any atom is -0.409 e. The topological polar surface area (TPSA) is 99.7 Å². The third kappa shape index (κ3) is 3.67. The van der Waals surface area contributed by atoms with Gasteiger partial charge in [0.25, 0.3) is 0 Å². The standard InChI is InChI=1S/C11H16N4O2/c1-7(2)13-11(16)14-9-6-4-3-5-8(9)10(12)15-17/h3-7,17H,1-2H3,(H2,12,15)(H2,13,14,16). The smallest absolute Gasteiger partial charge is 0.319 e. The molecule has 0 aliphatic heterocycles. The number of nitrogens with two attached hydrogens (primary N) is 1. The fourth-order valence-electron chi connectivity index (χ4n) is 1.29. The van der Waals surface area contributed by atoms with Gasteiger partial charge in [0.15, 0.2) is 5.84 Å². The van der Waals surface area contributed by atoms with Gasteiger partial charge in [-0.3, -0.25) is 0 Å². The SMILES string of the molecule is CC(C)NC(=O)Nc1ccccc1/C(N)=N/O. The van der Waals surface area contributed by atoms with Crippen molar-refractivity contribution in [3.63, 3.8) is 0 Å². The third-order valence-electron chi connectivity index (χ3n) is 1.98. The molecule has 17 heavy (non-hydrogen) atoms. The highest BCUT2D eigenvalue weighted by molar-refractivity contribution is 6.05. The summed E-state index contributed by atoms with van der Waals surface area (Å²) in [7, 11) is 0.